The highest BCUT2D eigenvalue weighted by Gasteiger charge is 2.29. The average molecular weight is 406 g/mol. The molecule has 1 aliphatic carbocycles. The number of hydrogen-bond acceptors (Lipinski definition) is 4. The first-order chi connectivity index (χ1) is 13.7. The van der Waals surface area contributed by atoms with Crippen LogP contribution in [0.4, 0.5) is 0 Å². The van der Waals surface area contributed by atoms with Gasteiger partial charge in [-0.3, -0.25) is 14.7 Å². The number of piperazine rings is 1. The van der Waals surface area contributed by atoms with Crippen molar-refractivity contribution in [2.24, 2.45) is 10.9 Å². The van der Waals surface area contributed by atoms with Crippen molar-refractivity contribution in [2.75, 3.05) is 59.9 Å². The van der Waals surface area contributed by atoms with Gasteiger partial charge in [0.15, 0.2) is 5.96 Å². The fraction of sp³-hybridized carbons (Fsp3) is 0.714. The van der Waals surface area contributed by atoms with Crippen molar-refractivity contribution < 1.29 is 4.79 Å². The lowest BCUT2D eigenvalue weighted by atomic mass is 10.1. The van der Waals surface area contributed by atoms with Crippen LogP contribution in [-0.2, 0) is 11.2 Å². The molecule has 1 N–H and O–H groups in total. The highest BCUT2D eigenvalue weighted by Crippen LogP contribution is 2.26. The Labute approximate surface area is 173 Å². The average Bonchev–Trinajstić information content (AvgIpc) is 3.43. The minimum Gasteiger partial charge on any atom is -0.355 e. The largest absolute Gasteiger partial charge is 0.355 e. The lowest BCUT2D eigenvalue weighted by Crippen LogP contribution is -2.52. The number of rotatable bonds is 7. The Bertz CT molecular complexity index is 619. The molecular weight excluding hydrogens is 370 g/mol. The second-order valence-corrected chi connectivity index (χ2v) is 8.91. The summed E-state index contributed by atoms with van der Waals surface area (Å²) in [6.45, 7) is 6.55. The molecule has 1 aliphatic heterocycles. The summed E-state index contributed by atoms with van der Waals surface area (Å²) in [6.07, 6.45) is 5.70. The van der Waals surface area contributed by atoms with Gasteiger partial charge in [-0.2, -0.15) is 0 Å². The molecule has 7 heteroatoms. The molecule has 0 atom stereocenters. The maximum Gasteiger partial charge on any atom is 0.225 e. The Morgan fingerprint density at radius 2 is 2.04 bits per heavy atom. The van der Waals surface area contributed by atoms with Crippen LogP contribution in [0.2, 0.25) is 0 Å². The number of thiophene rings is 1. The van der Waals surface area contributed by atoms with Crippen molar-refractivity contribution in [3.63, 3.8) is 0 Å². The van der Waals surface area contributed by atoms with Crippen molar-refractivity contribution in [3.05, 3.63) is 22.4 Å². The zero-order valence-electron chi connectivity index (χ0n) is 17.4. The van der Waals surface area contributed by atoms with Gasteiger partial charge in [-0.15, -0.1) is 11.3 Å². The molecule has 1 aromatic heterocycles. The maximum absolute atomic E-state index is 12.5. The van der Waals surface area contributed by atoms with E-state index >= 15 is 0 Å². The Morgan fingerprint density at radius 3 is 2.68 bits per heavy atom. The molecule has 2 aliphatic rings. The van der Waals surface area contributed by atoms with E-state index in [9.17, 15) is 4.79 Å². The third kappa shape index (κ3) is 5.95. The summed E-state index contributed by atoms with van der Waals surface area (Å²) in [7, 11) is 3.94. The predicted molar refractivity (Wildman–Crippen MR) is 117 cm³/mol. The highest BCUT2D eigenvalue weighted by atomic mass is 32.1. The van der Waals surface area contributed by atoms with E-state index in [1.54, 1.807) is 0 Å². The second-order valence-electron chi connectivity index (χ2n) is 7.87. The number of likely N-dealkylation sites (N-methyl/N-ethyl adjacent to an activating group) is 1. The van der Waals surface area contributed by atoms with Gasteiger partial charge in [-0.1, -0.05) is 18.9 Å². The highest BCUT2D eigenvalue weighted by molar-refractivity contribution is 7.09. The Morgan fingerprint density at radius 1 is 1.29 bits per heavy atom. The lowest BCUT2D eigenvalue weighted by Gasteiger charge is -2.36. The van der Waals surface area contributed by atoms with Gasteiger partial charge in [0.25, 0.3) is 0 Å². The molecule has 2 heterocycles. The topological polar surface area (TPSA) is 51.2 Å². The monoisotopic (exact) mass is 405 g/mol. The predicted octanol–water partition coefficient (Wildman–Crippen LogP) is 2.13. The number of guanidine groups is 1. The van der Waals surface area contributed by atoms with Crippen molar-refractivity contribution >= 4 is 23.2 Å². The van der Waals surface area contributed by atoms with Crippen LogP contribution in [0, 0.1) is 5.92 Å². The number of amides is 1. The van der Waals surface area contributed by atoms with Crippen molar-refractivity contribution in [1.82, 2.24) is 20.0 Å². The third-order valence-electron chi connectivity index (χ3n) is 5.95. The number of carbonyl (C=O) groups excluding carboxylic acids is 1. The van der Waals surface area contributed by atoms with E-state index in [4.69, 9.17) is 0 Å². The molecule has 0 unspecified atom stereocenters. The van der Waals surface area contributed by atoms with Gasteiger partial charge in [0.1, 0.15) is 0 Å². The molecule has 28 heavy (non-hydrogen) atoms. The molecule has 2 fully saturated rings. The molecule has 0 aromatic carbocycles. The maximum atomic E-state index is 12.5. The molecule has 6 nitrogen and oxygen atoms in total. The van der Waals surface area contributed by atoms with Gasteiger partial charge in [-0.05, 0) is 30.7 Å². The van der Waals surface area contributed by atoms with Gasteiger partial charge in [0.2, 0.25) is 5.91 Å². The van der Waals surface area contributed by atoms with Gasteiger partial charge in [0, 0.05) is 70.7 Å². The molecule has 0 bridgehead atoms. The fourth-order valence-electron chi connectivity index (χ4n) is 4.17. The summed E-state index contributed by atoms with van der Waals surface area (Å²) in [5.41, 5.74) is 0. The minimum absolute atomic E-state index is 0.307. The fourth-order valence-corrected chi connectivity index (χ4v) is 4.87. The molecule has 156 valence electrons. The Balaban J connectivity index is 1.32. The number of nitrogens with zero attached hydrogens (tertiary/aromatic N) is 4. The first kappa shape index (κ1) is 21.1. The van der Waals surface area contributed by atoms with E-state index in [0.717, 1.165) is 71.0 Å². The van der Waals surface area contributed by atoms with Gasteiger partial charge < -0.3 is 15.1 Å². The standard InChI is InChI=1S/C21H35N5OS/c1-22-21(24(2)11-9-19-8-5-17-28-19)23-10-12-25-13-15-26(16-14-25)20(27)18-6-3-4-7-18/h5,8,17-18H,3-4,6-7,9-16H2,1-2H3,(H,22,23). The number of nitrogens with one attached hydrogen (secondary N) is 1. The van der Waals surface area contributed by atoms with Crippen LogP contribution < -0.4 is 5.32 Å². The van der Waals surface area contributed by atoms with Crippen LogP contribution in [0.1, 0.15) is 30.6 Å². The summed E-state index contributed by atoms with van der Waals surface area (Å²) in [5.74, 6) is 1.66. The van der Waals surface area contributed by atoms with Crippen LogP contribution in [0.3, 0.4) is 0 Å². The van der Waals surface area contributed by atoms with Gasteiger partial charge in [-0.25, -0.2) is 0 Å². The van der Waals surface area contributed by atoms with Crippen LogP contribution in [0.25, 0.3) is 0 Å². The van der Waals surface area contributed by atoms with Crippen LogP contribution >= 0.6 is 11.3 Å². The van der Waals surface area contributed by atoms with E-state index < -0.39 is 0 Å². The van der Waals surface area contributed by atoms with Crippen LogP contribution in [0.15, 0.2) is 22.5 Å². The lowest BCUT2D eigenvalue weighted by molar-refractivity contribution is -0.137. The molecule has 1 saturated carbocycles. The van der Waals surface area contributed by atoms with E-state index in [2.05, 4.69) is 49.6 Å². The zero-order chi connectivity index (χ0) is 19.8. The van der Waals surface area contributed by atoms with Crippen molar-refractivity contribution in [2.45, 2.75) is 32.1 Å². The number of aliphatic imine (C=N–C) groups is 1. The summed E-state index contributed by atoms with van der Waals surface area (Å²) < 4.78 is 0. The number of hydrogen-bond donors (Lipinski definition) is 1. The molecular formula is C21H35N5OS. The molecule has 1 aromatic rings. The van der Waals surface area contributed by atoms with E-state index in [0.29, 0.717) is 11.8 Å². The quantitative estimate of drug-likeness (QED) is 0.558. The number of carbonyl (C=O) groups is 1. The van der Waals surface area contributed by atoms with E-state index in [1.807, 2.05) is 18.4 Å². The van der Waals surface area contributed by atoms with Crippen molar-refractivity contribution in [3.8, 4) is 0 Å². The molecule has 0 radical (unpaired) electrons. The molecule has 1 saturated heterocycles. The van der Waals surface area contributed by atoms with E-state index in [1.165, 1.54) is 17.7 Å². The summed E-state index contributed by atoms with van der Waals surface area (Å²) >= 11 is 1.81. The van der Waals surface area contributed by atoms with E-state index in [-0.39, 0.29) is 0 Å². The summed E-state index contributed by atoms with van der Waals surface area (Å²) in [4.78, 5) is 25.1. The summed E-state index contributed by atoms with van der Waals surface area (Å²) in [6, 6.07) is 4.29. The zero-order valence-corrected chi connectivity index (χ0v) is 18.2. The first-order valence-corrected chi connectivity index (χ1v) is 11.5. The molecule has 0 spiro atoms. The van der Waals surface area contributed by atoms with Gasteiger partial charge >= 0.3 is 0 Å². The van der Waals surface area contributed by atoms with Gasteiger partial charge in [0.05, 0.1) is 0 Å². The van der Waals surface area contributed by atoms with Crippen molar-refractivity contribution in [1.29, 1.82) is 0 Å². The molecule has 1 amide bonds. The smallest absolute Gasteiger partial charge is 0.225 e. The first-order valence-electron chi connectivity index (χ1n) is 10.6. The Hall–Kier alpha value is -1.60. The van der Waals surface area contributed by atoms with Crippen LogP contribution in [-0.4, -0.2) is 86.5 Å². The SMILES string of the molecule is CN=C(NCCN1CCN(C(=O)C2CCCC2)CC1)N(C)CCc1cccs1. The van der Waals surface area contributed by atoms with Crippen LogP contribution in [0.5, 0.6) is 0 Å². The second kappa shape index (κ2) is 10.8. The minimum atomic E-state index is 0.307. The normalized spacial score (nSPS) is 19.2. The third-order valence-corrected chi connectivity index (χ3v) is 6.88. The summed E-state index contributed by atoms with van der Waals surface area (Å²) in [5, 5.41) is 5.61. The molecule has 3 rings (SSSR count). The Kier molecular flexibility index (Phi) is 8.15.